The van der Waals surface area contributed by atoms with E-state index >= 15 is 0 Å². The van der Waals surface area contributed by atoms with Crippen LogP contribution in [0.3, 0.4) is 0 Å². The van der Waals surface area contributed by atoms with Crippen LogP contribution in [0, 0.1) is 11.3 Å². The zero-order chi connectivity index (χ0) is 20.5. The van der Waals surface area contributed by atoms with Gasteiger partial charge < -0.3 is 4.74 Å². The molecular weight excluding hydrogens is 406 g/mol. The maximum atomic E-state index is 13.4. The Kier molecular flexibility index (Phi) is 5.97. The number of piperidine rings is 1. The first-order chi connectivity index (χ1) is 13.9. The molecule has 1 saturated heterocycles. The molecule has 0 amide bonds. The van der Waals surface area contributed by atoms with E-state index in [9.17, 15) is 8.42 Å². The van der Waals surface area contributed by atoms with Gasteiger partial charge >= 0.3 is 0 Å². The van der Waals surface area contributed by atoms with Gasteiger partial charge in [-0.25, -0.2) is 13.4 Å². The molecule has 0 saturated carbocycles. The summed E-state index contributed by atoms with van der Waals surface area (Å²) in [5, 5.41) is 3.14. The van der Waals surface area contributed by atoms with Crippen molar-refractivity contribution >= 4 is 21.4 Å². The highest BCUT2D eigenvalue weighted by atomic mass is 32.2. The van der Waals surface area contributed by atoms with E-state index in [2.05, 4.69) is 23.7 Å². The van der Waals surface area contributed by atoms with Gasteiger partial charge in [-0.05, 0) is 44.0 Å². The molecule has 8 heteroatoms. The van der Waals surface area contributed by atoms with Crippen LogP contribution in [-0.4, -0.2) is 55.4 Å². The lowest BCUT2D eigenvalue weighted by Crippen LogP contribution is -2.52. The van der Waals surface area contributed by atoms with Crippen molar-refractivity contribution in [1.29, 1.82) is 0 Å². The van der Waals surface area contributed by atoms with Crippen molar-refractivity contribution in [3.05, 3.63) is 40.8 Å². The van der Waals surface area contributed by atoms with E-state index in [1.165, 1.54) is 0 Å². The number of likely N-dealkylation sites (tertiary alicyclic amines) is 1. The number of benzene rings is 1. The summed E-state index contributed by atoms with van der Waals surface area (Å²) in [5.74, 6) is 0.741. The monoisotopic (exact) mass is 435 g/mol. The van der Waals surface area contributed by atoms with E-state index in [-0.39, 0.29) is 16.2 Å². The van der Waals surface area contributed by atoms with E-state index in [0.717, 1.165) is 37.5 Å². The average molecular weight is 436 g/mol. The molecule has 3 heterocycles. The molecule has 0 aliphatic carbocycles. The lowest BCUT2D eigenvalue weighted by Gasteiger charge is -2.45. The second-order valence-electron chi connectivity index (χ2n) is 8.63. The van der Waals surface area contributed by atoms with Crippen molar-refractivity contribution in [2.75, 3.05) is 32.8 Å². The van der Waals surface area contributed by atoms with Crippen LogP contribution in [0.5, 0.6) is 5.75 Å². The van der Waals surface area contributed by atoms with Crippen LogP contribution < -0.4 is 4.74 Å². The highest BCUT2D eigenvalue weighted by molar-refractivity contribution is 7.89. The average Bonchev–Trinajstić information content (AvgIpc) is 3.20. The number of sulfonamides is 1. The predicted octanol–water partition coefficient (Wildman–Crippen LogP) is 3.46. The third-order valence-corrected chi connectivity index (χ3v) is 8.46. The van der Waals surface area contributed by atoms with Gasteiger partial charge in [0.05, 0.1) is 13.2 Å². The topological polar surface area (TPSA) is 62.7 Å². The quantitative estimate of drug-likeness (QED) is 0.736. The highest BCUT2D eigenvalue weighted by Gasteiger charge is 2.43. The Bertz CT molecular complexity index is 920. The van der Waals surface area contributed by atoms with Crippen LogP contribution in [0.4, 0.5) is 0 Å². The largest absolute Gasteiger partial charge is 0.492 e. The molecule has 2 aliphatic heterocycles. The SMILES string of the molecule is CC(C)CN1CC2(CCN(Cc3nccs3)CC2)COc2ccccc2S1(=O)=O. The zero-order valence-electron chi connectivity index (χ0n) is 17.1. The molecule has 0 bridgehead atoms. The summed E-state index contributed by atoms with van der Waals surface area (Å²) in [6.07, 6.45) is 3.69. The summed E-state index contributed by atoms with van der Waals surface area (Å²) in [5.41, 5.74) is -0.158. The fourth-order valence-electron chi connectivity index (χ4n) is 4.24. The Labute approximate surface area is 177 Å². The van der Waals surface area contributed by atoms with Crippen LogP contribution in [0.15, 0.2) is 40.7 Å². The molecule has 0 N–H and O–H groups in total. The molecule has 2 aliphatic rings. The second-order valence-corrected chi connectivity index (χ2v) is 11.5. The van der Waals surface area contributed by atoms with Gasteiger partial charge in [0, 0.05) is 30.1 Å². The molecule has 29 heavy (non-hydrogen) atoms. The lowest BCUT2D eigenvalue weighted by atomic mass is 9.78. The summed E-state index contributed by atoms with van der Waals surface area (Å²) < 4.78 is 34.7. The summed E-state index contributed by atoms with van der Waals surface area (Å²) >= 11 is 1.68. The molecule has 1 spiro atoms. The van der Waals surface area contributed by atoms with Gasteiger partial charge in [-0.2, -0.15) is 4.31 Å². The summed E-state index contributed by atoms with van der Waals surface area (Å²) in [6, 6.07) is 7.04. The molecule has 0 radical (unpaired) electrons. The van der Waals surface area contributed by atoms with E-state index < -0.39 is 10.0 Å². The minimum absolute atomic E-state index is 0.158. The van der Waals surface area contributed by atoms with Crippen LogP contribution in [0.25, 0.3) is 0 Å². The summed E-state index contributed by atoms with van der Waals surface area (Å²) in [6.45, 7) is 8.47. The molecular formula is C21H29N3O3S2. The van der Waals surface area contributed by atoms with Crippen LogP contribution in [0.2, 0.25) is 0 Å². The molecule has 1 fully saturated rings. The number of thiazole rings is 1. The first kappa shape index (κ1) is 20.8. The Hall–Kier alpha value is -1.48. The second kappa shape index (κ2) is 8.34. The molecule has 4 rings (SSSR count). The standard InChI is InChI=1S/C21H29N3O3S2/c1-17(2)13-24-15-21(7-10-23(11-8-21)14-20-22-9-12-28-20)16-27-18-5-3-4-6-19(18)29(24,25)26/h3-6,9,12,17H,7-8,10-11,13-16H2,1-2H3. The summed E-state index contributed by atoms with van der Waals surface area (Å²) in [4.78, 5) is 7.10. The van der Waals surface area contributed by atoms with Crippen molar-refractivity contribution in [2.45, 2.75) is 38.1 Å². The Balaban J connectivity index is 1.57. The molecule has 2 aromatic rings. The van der Waals surface area contributed by atoms with Crippen molar-refractivity contribution in [3.63, 3.8) is 0 Å². The molecule has 0 unspecified atom stereocenters. The van der Waals surface area contributed by atoms with Crippen LogP contribution in [-0.2, 0) is 16.6 Å². The fourth-order valence-corrected chi connectivity index (χ4v) is 6.74. The van der Waals surface area contributed by atoms with Gasteiger partial charge in [0.25, 0.3) is 0 Å². The highest BCUT2D eigenvalue weighted by Crippen LogP contribution is 2.39. The van der Waals surface area contributed by atoms with Crippen molar-refractivity contribution in [1.82, 2.24) is 14.2 Å². The first-order valence-electron chi connectivity index (χ1n) is 10.2. The van der Waals surface area contributed by atoms with Crippen molar-refractivity contribution in [2.24, 2.45) is 11.3 Å². The molecule has 1 aromatic carbocycles. The number of rotatable bonds is 4. The van der Waals surface area contributed by atoms with E-state index in [1.807, 2.05) is 17.6 Å². The minimum atomic E-state index is -3.58. The number of aromatic nitrogens is 1. The summed E-state index contributed by atoms with van der Waals surface area (Å²) in [7, 11) is -3.58. The van der Waals surface area contributed by atoms with E-state index in [0.29, 0.717) is 25.4 Å². The van der Waals surface area contributed by atoms with Crippen molar-refractivity contribution < 1.29 is 13.2 Å². The molecule has 0 atom stereocenters. The van der Waals surface area contributed by atoms with Gasteiger partial charge in [0.1, 0.15) is 15.7 Å². The van der Waals surface area contributed by atoms with Gasteiger partial charge in [0.2, 0.25) is 10.0 Å². The Morgan fingerprint density at radius 3 is 2.69 bits per heavy atom. The van der Waals surface area contributed by atoms with Gasteiger partial charge in [-0.15, -0.1) is 11.3 Å². The number of para-hydroxylation sites is 1. The van der Waals surface area contributed by atoms with Gasteiger partial charge in [-0.1, -0.05) is 26.0 Å². The Morgan fingerprint density at radius 1 is 1.24 bits per heavy atom. The lowest BCUT2D eigenvalue weighted by molar-refractivity contribution is 0.0310. The van der Waals surface area contributed by atoms with Crippen LogP contribution >= 0.6 is 11.3 Å². The van der Waals surface area contributed by atoms with Gasteiger partial charge in [0.15, 0.2) is 0 Å². The van der Waals surface area contributed by atoms with Crippen LogP contribution in [0.1, 0.15) is 31.7 Å². The predicted molar refractivity (Wildman–Crippen MR) is 115 cm³/mol. The van der Waals surface area contributed by atoms with Gasteiger partial charge in [-0.3, -0.25) is 4.90 Å². The number of nitrogens with zero attached hydrogens (tertiary/aromatic N) is 3. The van der Waals surface area contributed by atoms with E-state index in [1.54, 1.807) is 33.8 Å². The third-order valence-electron chi connectivity index (χ3n) is 5.84. The maximum absolute atomic E-state index is 13.4. The number of ether oxygens (including phenoxy) is 1. The molecule has 6 nitrogen and oxygen atoms in total. The molecule has 158 valence electrons. The Morgan fingerprint density at radius 2 is 2.00 bits per heavy atom. The van der Waals surface area contributed by atoms with E-state index in [4.69, 9.17) is 4.74 Å². The minimum Gasteiger partial charge on any atom is -0.492 e. The normalized spacial score (nSPS) is 22.0. The maximum Gasteiger partial charge on any atom is 0.246 e. The fraction of sp³-hybridized carbons (Fsp3) is 0.571. The third kappa shape index (κ3) is 4.50. The number of hydrogen-bond donors (Lipinski definition) is 0. The first-order valence-corrected chi connectivity index (χ1v) is 12.5. The molecule has 1 aromatic heterocycles. The number of hydrogen-bond acceptors (Lipinski definition) is 6. The zero-order valence-corrected chi connectivity index (χ0v) is 18.7. The van der Waals surface area contributed by atoms with Crippen molar-refractivity contribution in [3.8, 4) is 5.75 Å². The smallest absolute Gasteiger partial charge is 0.246 e. The number of fused-ring (bicyclic) bond motifs is 1.